The molecule has 1 amide bonds. The van der Waals surface area contributed by atoms with E-state index in [0.717, 1.165) is 38.4 Å². The number of hydrogen-bond donors (Lipinski definition) is 1. The van der Waals surface area contributed by atoms with Crippen molar-refractivity contribution in [3.63, 3.8) is 0 Å². The van der Waals surface area contributed by atoms with Crippen molar-refractivity contribution >= 4 is 17.3 Å². The summed E-state index contributed by atoms with van der Waals surface area (Å²) in [4.78, 5) is 17.1. The fraction of sp³-hybridized carbons (Fsp3) is 0.389. The van der Waals surface area contributed by atoms with Crippen LogP contribution in [-0.4, -0.2) is 48.1 Å². The molecule has 5 heteroatoms. The summed E-state index contributed by atoms with van der Waals surface area (Å²) in [6.07, 6.45) is 1.87. The molecule has 122 valence electrons. The number of carbonyl (C=O) groups is 1. The van der Waals surface area contributed by atoms with Crippen LogP contribution in [-0.2, 0) is 7.05 Å². The molecule has 0 saturated carbocycles. The monoisotopic (exact) mass is 312 g/mol. The summed E-state index contributed by atoms with van der Waals surface area (Å²) in [5, 5.41) is 2.94. The molecule has 0 aliphatic carbocycles. The molecule has 0 unspecified atom stereocenters. The summed E-state index contributed by atoms with van der Waals surface area (Å²) in [5.74, 6) is -0.0817. The lowest BCUT2D eigenvalue weighted by atomic mass is 10.2. The lowest BCUT2D eigenvalue weighted by Crippen LogP contribution is -2.46. The molecule has 1 N–H and O–H groups in total. The molecular weight excluding hydrogens is 288 g/mol. The van der Waals surface area contributed by atoms with Crippen molar-refractivity contribution in [1.29, 1.82) is 0 Å². The maximum absolute atomic E-state index is 12.2. The van der Waals surface area contributed by atoms with Gasteiger partial charge in [-0.2, -0.15) is 0 Å². The Morgan fingerprint density at radius 3 is 2.35 bits per heavy atom. The molecule has 23 heavy (non-hydrogen) atoms. The largest absolute Gasteiger partial charge is 0.369 e. The molecule has 3 rings (SSSR count). The fourth-order valence-electron chi connectivity index (χ4n) is 2.97. The van der Waals surface area contributed by atoms with Gasteiger partial charge in [0.1, 0.15) is 5.69 Å². The zero-order chi connectivity index (χ0) is 16.2. The van der Waals surface area contributed by atoms with Crippen LogP contribution >= 0.6 is 0 Å². The fourth-order valence-corrected chi connectivity index (χ4v) is 2.97. The van der Waals surface area contributed by atoms with E-state index in [9.17, 15) is 4.79 Å². The zero-order valence-corrected chi connectivity index (χ0v) is 13.8. The van der Waals surface area contributed by atoms with Gasteiger partial charge in [0.2, 0.25) is 0 Å². The van der Waals surface area contributed by atoms with E-state index >= 15 is 0 Å². The average Bonchev–Trinajstić information content (AvgIpc) is 3.02. The van der Waals surface area contributed by atoms with E-state index in [2.05, 4.69) is 34.2 Å². The highest BCUT2D eigenvalue weighted by Crippen LogP contribution is 2.20. The molecule has 0 bridgehead atoms. The number of benzene rings is 1. The predicted molar refractivity (Wildman–Crippen MR) is 94.1 cm³/mol. The van der Waals surface area contributed by atoms with E-state index in [1.165, 1.54) is 5.69 Å². The van der Waals surface area contributed by atoms with Crippen LogP contribution in [0, 0.1) is 0 Å². The van der Waals surface area contributed by atoms with Gasteiger partial charge in [0, 0.05) is 50.8 Å². The lowest BCUT2D eigenvalue weighted by molar-refractivity contribution is 0.101. The van der Waals surface area contributed by atoms with Gasteiger partial charge in [0.25, 0.3) is 5.91 Å². The van der Waals surface area contributed by atoms with Crippen molar-refractivity contribution in [2.45, 2.75) is 6.92 Å². The van der Waals surface area contributed by atoms with Gasteiger partial charge in [-0.3, -0.25) is 4.79 Å². The van der Waals surface area contributed by atoms with Crippen LogP contribution in [0.15, 0.2) is 42.6 Å². The van der Waals surface area contributed by atoms with Gasteiger partial charge in [-0.1, -0.05) is 6.92 Å². The number of aromatic nitrogens is 1. The van der Waals surface area contributed by atoms with Crippen LogP contribution in [0.1, 0.15) is 17.4 Å². The number of anilines is 2. The van der Waals surface area contributed by atoms with Crippen LogP contribution in [0.3, 0.4) is 0 Å². The summed E-state index contributed by atoms with van der Waals surface area (Å²) in [6.45, 7) is 7.68. The number of carbonyl (C=O) groups excluding carboxylic acids is 1. The van der Waals surface area contributed by atoms with E-state index in [4.69, 9.17) is 0 Å². The average molecular weight is 312 g/mol. The predicted octanol–water partition coefficient (Wildman–Crippen LogP) is 2.42. The maximum atomic E-state index is 12.2. The van der Waals surface area contributed by atoms with Gasteiger partial charge >= 0.3 is 0 Å². The van der Waals surface area contributed by atoms with Crippen molar-refractivity contribution in [3.05, 3.63) is 48.3 Å². The minimum atomic E-state index is -0.0817. The smallest absolute Gasteiger partial charge is 0.272 e. The molecule has 1 aliphatic heterocycles. The van der Waals surface area contributed by atoms with Crippen LogP contribution in [0.2, 0.25) is 0 Å². The van der Waals surface area contributed by atoms with Crippen LogP contribution in [0.25, 0.3) is 0 Å². The second kappa shape index (κ2) is 6.87. The third-order valence-electron chi connectivity index (χ3n) is 4.49. The molecule has 1 aromatic heterocycles. The number of likely N-dealkylation sites (N-methyl/N-ethyl adjacent to an activating group) is 1. The minimum Gasteiger partial charge on any atom is -0.369 e. The van der Waals surface area contributed by atoms with Gasteiger partial charge < -0.3 is 19.7 Å². The molecule has 2 heterocycles. The summed E-state index contributed by atoms with van der Waals surface area (Å²) in [7, 11) is 1.87. The number of piperazine rings is 1. The number of nitrogens with one attached hydrogen (secondary N) is 1. The Morgan fingerprint density at radius 1 is 1.09 bits per heavy atom. The van der Waals surface area contributed by atoms with Crippen molar-refractivity contribution in [2.24, 2.45) is 7.05 Å². The molecule has 2 aromatic rings. The van der Waals surface area contributed by atoms with E-state index < -0.39 is 0 Å². The second-order valence-corrected chi connectivity index (χ2v) is 5.93. The van der Waals surface area contributed by atoms with Crippen LogP contribution in [0.5, 0.6) is 0 Å². The van der Waals surface area contributed by atoms with Crippen molar-refractivity contribution in [2.75, 3.05) is 42.9 Å². The van der Waals surface area contributed by atoms with Crippen LogP contribution in [0.4, 0.5) is 11.4 Å². The summed E-state index contributed by atoms with van der Waals surface area (Å²) < 4.78 is 1.82. The Morgan fingerprint density at radius 2 is 1.78 bits per heavy atom. The third kappa shape index (κ3) is 3.56. The number of nitrogens with zero attached hydrogens (tertiary/aromatic N) is 3. The molecule has 1 saturated heterocycles. The number of amides is 1. The minimum absolute atomic E-state index is 0.0817. The molecule has 1 fully saturated rings. The van der Waals surface area contributed by atoms with Gasteiger partial charge in [0.05, 0.1) is 0 Å². The summed E-state index contributed by atoms with van der Waals surface area (Å²) in [5.41, 5.74) is 2.70. The van der Waals surface area contributed by atoms with Crippen molar-refractivity contribution in [3.8, 4) is 0 Å². The molecule has 5 nitrogen and oxygen atoms in total. The van der Waals surface area contributed by atoms with E-state index in [-0.39, 0.29) is 5.91 Å². The first-order valence-corrected chi connectivity index (χ1v) is 8.17. The van der Waals surface area contributed by atoms with Crippen LogP contribution < -0.4 is 10.2 Å². The van der Waals surface area contributed by atoms with E-state index in [1.54, 1.807) is 0 Å². The van der Waals surface area contributed by atoms with Gasteiger partial charge in [-0.25, -0.2) is 0 Å². The summed E-state index contributed by atoms with van der Waals surface area (Å²) in [6, 6.07) is 11.8. The highest BCUT2D eigenvalue weighted by atomic mass is 16.1. The van der Waals surface area contributed by atoms with Gasteiger partial charge in [-0.15, -0.1) is 0 Å². The Bertz CT molecular complexity index is 654. The Hall–Kier alpha value is -2.27. The first-order valence-electron chi connectivity index (χ1n) is 8.17. The number of aryl methyl sites for hydroxylation is 1. The Balaban J connectivity index is 1.61. The van der Waals surface area contributed by atoms with Crippen molar-refractivity contribution in [1.82, 2.24) is 9.47 Å². The molecule has 0 atom stereocenters. The quantitative estimate of drug-likeness (QED) is 0.942. The second-order valence-electron chi connectivity index (χ2n) is 5.93. The van der Waals surface area contributed by atoms with Crippen molar-refractivity contribution < 1.29 is 4.79 Å². The standard InChI is InChI=1S/C18H24N4O/c1-3-21-11-13-22(14-12-21)16-8-6-15(7-9-16)19-18(23)17-5-4-10-20(17)2/h4-10H,3,11-14H2,1-2H3,(H,19,23). The highest BCUT2D eigenvalue weighted by molar-refractivity contribution is 6.03. The number of rotatable bonds is 4. The normalized spacial score (nSPS) is 15.7. The zero-order valence-electron chi connectivity index (χ0n) is 13.8. The molecule has 1 aromatic carbocycles. The lowest BCUT2D eigenvalue weighted by Gasteiger charge is -2.35. The Kier molecular flexibility index (Phi) is 4.67. The van der Waals surface area contributed by atoms with E-state index in [0.29, 0.717) is 5.69 Å². The molecule has 1 aliphatic rings. The summed E-state index contributed by atoms with van der Waals surface area (Å²) >= 11 is 0. The first-order chi connectivity index (χ1) is 11.2. The van der Waals surface area contributed by atoms with E-state index in [1.807, 2.05) is 42.1 Å². The molecular formula is C18H24N4O. The SMILES string of the molecule is CCN1CCN(c2ccc(NC(=O)c3cccn3C)cc2)CC1. The molecule has 0 spiro atoms. The first kappa shape index (κ1) is 15.6. The number of hydrogen-bond acceptors (Lipinski definition) is 3. The highest BCUT2D eigenvalue weighted by Gasteiger charge is 2.16. The molecule has 0 radical (unpaired) electrons. The van der Waals surface area contributed by atoms with Gasteiger partial charge in [0.15, 0.2) is 0 Å². The Labute approximate surface area is 137 Å². The topological polar surface area (TPSA) is 40.5 Å². The third-order valence-corrected chi connectivity index (χ3v) is 4.49. The maximum Gasteiger partial charge on any atom is 0.272 e. The van der Waals surface area contributed by atoms with Gasteiger partial charge in [-0.05, 0) is 42.9 Å².